The Labute approximate surface area is 112 Å². The summed E-state index contributed by atoms with van der Waals surface area (Å²) in [6.07, 6.45) is 3.98. The van der Waals surface area contributed by atoms with Gasteiger partial charge in [-0.1, -0.05) is 6.08 Å². The third kappa shape index (κ3) is 1.70. The van der Waals surface area contributed by atoms with Crippen molar-refractivity contribution in [2.45, 2.75) is 19.3 Å². The number of hydrogen-bond donors (Lipinski definition) is 1. The maximum absolute atomic E-state index is 13.9. The molecule has 0 aromatic carbocycles. The molecule has 1 aromatic rings. The molecule has 1 aliphatic carbocycles. The van der Waals surface area contributed by atoms with Crippen LogP contribution in [0.4, 0.5) is 4.39 Å². The molecule has 0 spiro atoms. The molecule has 0 radical (unpaired) electrons. The highest BCUT2D eigenvalue weighted by molar-refractivity contribution is 6.04. The van der Waals surface area contributed by atoms with Crippen LogP contribution in [-0.2, 0) is 11.2 Å². The van der Waals surface area contributed by atoms with Crippen LogP contribution in [0.1, 0.15) is 23.0 Å². The number of hydrogen-bond acceptors (Lipinski definition) is 4. The van der Waals surface area contributed by atoms with Gasteiger partial charge in [0, 0.05) is 5.69 Å². The Morgan fingerprint density at radius 3 is 3.00 bits per heavy atom. The van der Waals surface area contributed by atoms with Crippen molar-refractivity contribution >= 4 is 11.7 Å². The third-order valence-corrected chi connectivity index (χ3v) is 3.28. The monoisotopic (exact) mass is 275 g/mol. The smallest absolute Gasteiger partial charge is 0.308 e. The van der Waals surface area contributed by atoms with Gasteiger partial charge < -0.3 is 5.11 Å². The third-order valence-electron chi connectivity index (χ3n) is 3.28. The molecule has 0 saturated heterocycles. The minimum absolute atomic E-state index is 0.0672. The van der Waals surface area contributed by atoms with Crippen molar-refractivity contribution in [1.82, 2.24) is 9.66 Å². The molecule has 0 fully saturated rings. The van der Waals surface area contributed by atoms with Crippen LogP contribution in [0.2, 0.25) is 0 Å². The lowest BCUT2D eigenvalue weighted by molar-refractivity contribution is -0.136. The van der Waals surface area contributed by atoms with E-state index in [2.05, 4.69) is 10.1 Å². The zero-order valence-corrected chi connectivity index (χ0v) is 10.5. The molecule has 1 N–H and O–H groups in total. The lowest BCUT2D eigenvalue weighted by Crippen LogP contribution is -2.27. The molecule has 1 unspecified atom stereocenters. The Hall–Kier alpha value is -2.57. The molecule has 2 aliphatic rings. The average molecular weight is 275 g/mol. The van der Waals surface area contributed by atoms with Gasteiger partial charge in [-0.05, 0) is 19.1 Å². The normalized spacial score (nSPS) is 19.2. The number of fused-ring (bicyclic) bond motifs is 3. The van der Waals surface area contributed by atoms with E-state index in [4.69, 9.17) is 5.11 Å². The zero-order chi connectivity index (χ0) is 14.4. The van der Waals surface area contributed by atoms with E-state index in [0.29, 0.717) is 11.4 Å². The van der Waals surface area contributed by atoms with Crippen molar-refractivity contribution in [1.29, 1.82) is 0 Å². The van der Waals surface area contributed by atoms with Crippen LogP contribution in [-0.4, -0.2) is 26.4 Å². The van der Waals surface area contributed by atoms with Gasteiger partial charge in [0.2, 0.25) is 0 Å². The number of rotatable bonds is 2. The molecule has 1 atom stereocenters. The summed E-state index contributed by atoms with van der Waals surface area (Å²) in [6.45, 7) is 1.54. The van der Waals surface area contributed by atoms with Gasteiger partial charge in [0.25, 0.3) is 5.56 Å². The van der Waals surface area contributed by atoms with Crippen LogP contribution in [0.5, 0.6) is 0 Å². The number of aryl methyl sites for hydroxylation is 1. The summed E-state index contributed by atoms with van der Waals surface area (Å²) in [5.41, 5.74) is 0.194. The first-order chi connectivity index (χ1) is 9.49. The number of allylic oxidation sites excluding steroid dienone is 4. The second-order valence-electron chi connectivity index (χ2n) is 4.59. The number of carboxylic acids is 1. The first-order valence-electron chi connectivity index (χ1n) is 5.96. The maximum atomic E-state index is 13.9. The fourth-order valence-corrected chi connectivity index (χ4v) is 2.35. The molecule has 20 heavy (non-hydrogen) atoms. The Balaban J connectivity index is 2.21. The number of aromatic nitrogens is 2. The first-order valence-corrected chi connectivity index (χ1v) is 5.96. The summed E-state index contributed by atoms with van der Waals surface area (Å²) < 4.78 is 14.9. The molecule has 3 rings (SSSR count). The van der Waals surface area contributed by atoms with Gasteiger partial charge in [0.05, 0.1) is 17.7 Å². The lowest BCUT2D eigenvalue weighted by Gasteiger charge is -2.12. The van der Waals surface area contributed by atoms with E-state index >= 15 is 0 Å². The number of carbonyl (C=O) groups is 1. The zero-order valence-electron chi connectivity index (χ0n) is 10.5. The van der Waals surface area contributed by atoms with Gasteiger partial charge in [-0.3, -0.25) is 9.59 Å². The van der Waals surface area contributed by atoms with Crippen molar-refractivity contribution in [3.63, 3.8) is 0 Å². The highest BCUT2D eigenvalue weighted by atomic mass is 19.1. The largest absolute Gasteiger partial charge is 0.481 e. The van der Waals surface area contributed by atoms with Gasteiger partial charge in [-0.2, -0.15) is 9.78 Å². The number of aliphatic carboxylic acids is 1. The van der Waals surface area contributed by atoms with Crippen LogP contribution in [0, 0.1) is 6.92 Å². The second-order valence-corrected chi connectivity index (χ2v) is 4.59. The van der Waals surface area contributed by atoms with Gasteiger partial charge in [0.1, 0.15) is 17.6 Å². The Morgan fingerprint density at radius 1 is 1.55 bits per heavy atom. The predicted octanol–water partition coefficient (Wildman–Crippen LogP) is 0.903. The molecule has 0 amide bonds. The van der Waals surface area contributed by atoms with E-state index in [9.17, 15) is 14.0 Å². The summed E-state index contributed by atoms with van der Waals surface area (Å²) in [6, 6.07) is 0. The quantitative estimate of drug-likeness (QED) is 0.869. The topological polar surface area (TPSA) is 84.5 Å². The van der Waals surface area contributed by atoms with Crippen LogP contribution < -0.4 is 5.56 Å². The van der Waals surface area contributed by atoms with Crippen molar-refractivity contribution in [3.8, 4) is 0 Å². The van der Waals surface area contributed by atoms with E-state index in [1.165, 1.54) is 12.2 Å². The van der Waals surface area contributed by atoms with E-state index in [-0.39, 0.29) is 11.4 Å². The minimum atomic E-state index is -1.12. The SMILES string of the molecule is Cc1nc2n(c(=O)c1CC(=O)O)N=C1C=CC=C(F)C12. The fourth-order valence-electron chi connectivity index (χ4n) is 2.35. The van der Waals surface area contributed by atoms with Gasteiger partial charge in [0.15, 0.2) is 0 Å². The number of nitrogens with zero attached hydrogens (tertiary/aromatic N) is 3. The molecule has 0 saturated carbocycles. The minimum Gasteiger partial charge on any atom is -0.481 e. The van der Waals surface area contributed by atoms with E-state index in [0.717, 1.165) is 4.68 Å². The van der Waals surface area contributed by atoms with Crippen LogP contribution in [0.3, 0.4) is 0 Å². The summed E-state index contributed by atoms with van der Waals surface area (Å²) in [5, 5.41) is 12.9. The predicted molar refractivity (Wildman–Crippen MR) is 68.5 cm³/mol. The van der Waals surface area contributed by atoms with Crippen molar-refractivity contribution in [3.05, 3.63) is 51.5 Å². The van der Waals surface area contributed by atoms with Crippen molar-refractivity contribution < 1.29 is 14.3 Å². The Bertz CT molecular complexity index is 774. The van der Waals surface area contributed by atoms with Gasteiger partial charge in [-0.25, -0.2) is 9.37 Å². The van der Waals surface area contributed by atoms with Crippen LogP contribution in [0.25, 0.3) is 0 Å². The van der Waals surface area contributed by atoms with Gasteiger partial charge in [-0.15, -0.1) is 0 Å². The highest BCUT2D eigenvalue weighted by Crippen LogP contribution is 2.32. The van der Waals surface area contributed by atoms with Crippen LogP contribution >= 0.6 is 0 Å². The van der Waals surface area contributed by atoms with E-state index in [1.807, 2.05) is 0 Å². The summed E-state index contributed by atoms with van der Waals surface area (Å²) >= 11 is 0. The summed E-state index contributed by atoms with van der Waals surface area (Å²) in [7, 11) is 0. The molecule has 1 aliphatic heterocycles. The number of carboxylic acid groups (broad SMARTS) is 1. The molecular weight excluding hydrogens is 265 g/mol. The summed E-state index contributed by atoms with van der Waals surface area (Å²) in [5.74, 6) is -2.14. The lowest BCUT2D eigenvalue weighted by atomic mass is 9.97. The Morgan fingerprint density at radius 2 is 2.30 bits per heavy atom. The maximum Gasteiger partial charge on any atom is 0.308 e. The standard InChI is InChI=1S/C13H10FN3O3/c1-6-7(5-10(18)19)13(20)17-12(15-6)11-8(14)3-2-4-9(11)16-17/h2-4,11H,5H2,1H3,(H,18,19). The van der Waals surface area contributed by atoms with Gasteiger partial charge >= 0.3 is 5.97 Å². The molecular formula is C13H10FN3O3. The molecule has 6 nitrogen and oxygen atoms in total. The van der Waals surface area contributed by atoms with Crippen molar-refractivity contribution in [2.24, 2.45) is 5.10 Å². The Kier molecular flexibility index (Phi) is 2.63. The fraction of sp³-hybridized carbons (Fsp3) is 0.231. The van der Waals surface area contributed by atoms with E-state index in [1.54, 1.807) is 13.0 Å². The van der Waals surface area contributed by atoms with Crippen LogP contribution in [0.15, 0.2) is 34.0 Å². The second kappa shape index (κ2) is 4.22. The summed E-state index contributed by atoms with van der Waals surface area (Å²) in [4.78, 5) is 27.2. The highest BCUT2D eigenvalue weighted by Gasteiger charge is 2.34. The van der Waals surface area contributed by atoms with Crippen molar-refractivity contribution in [2.75, 3.05) is 0 Å². The van der Waals surface area contributed by atoms with E-state index < -0.39 is 29.7 Å². The molecule has 7 heteroatoms. The molecule has 0 bridgehead atoms. The molecule has 1 aromatic heterocycles. The number of halogens is 1. The molecule has 2 heterocycles. The molecule has 102 valence electrons. The first kappa shape index (κ1) is 12.5. The average Bonchev–Trinajstić information content (AvgIpc) is 2.74.